The molecule has 3 rings (SSSR count). The highest BCUT2D eigenvalue weighted by molar-refractivity contribution is 7.87. The minimum atomic E-state index is -4.69. The summed E-state index contributed by atoms with van der Waals surface area (Å²) >= 11 is 0. The van der Waals surface area contributed by atoms with E-state index in [1.165, 1.54) is 12.1 Å². The lowest BCUT2D eigenvalue weighted by Gasteiger charge is -2.29. The van der Waals surface area contributed by atoms with Gasteiger partial charge in [-0.05, 0) is 72.4 Å². The van der Waals surface area contributed by atoms with Gasteiger partial charge in [-0.2, -0.15) is 21.6 Å². The van der Waals surface area contributed by atoms with Gasteiger partial charge in [0.1, 0.15) is 10.6 Å². The topological polar surface area (TPSA) is 63.7 Å². The van der Waals surface area contributed by atoms with Crippen LogP contribution < -0.4 is 4.18 Å². The molecule has 1 atom stereocenters. The normalized spacial score (nSPS) is 13.2. The zero-order valence-electron chi connectivity index (χ0n) is 22.0. The number of nitrogens with zero attached hydrogens (tertiary/aromatic N) is 1. The van der Waals surface area contributed by atoms with Crippen LogP contribution in [0.15, 0.2) is 77.7 Å². The quantitative estimate of drug-likeness (QED) is 0.280. The van der Waals surface area contributed by atoms with Gasteiger partial charge in [-0.3, -0.25) is 4.79 Å². The predicted octanol–water partition coefficient (Wildman–Crippen LogP) is 7.21. The van der Waals surface area contributed by atoms with E-state index in [2.05, 4.69) is 20.8 Å². The van der Waals surface area contributed by atoms with Crippen LogP contribution in [0, 0.1) is 0 Å². The molecule has 0 heterocycles. The fourth-order valence-corrected chi connectivity index (χ4v) is 4.79. The monoisotopic (exact) mass is 547 g/mol. The largest absolute Gasteiger partial charge is 0.416 e. The molecule has 9 heteroatoms. The van der Waals surface area contributed by atoms with Gasteiger partial charge in [0.05, 0.1) is 5.56 Å². The molecule has 0 N–H and O–H groups in total. The zero-order chi connectivity index (χ0) is 28.3. The van der Waals surface area contributed by atoms with E-state index >= 15 is 0 Å². The van der Waals surface area contributed by atoms with Gasteiger partial charge in [-0.1, -0.05) is 58.0 Å². The molecular weight excluding hydrogens is 515 g/mol. The Morgan fingerprint density at radius 1 is 0.921 bits per heavy atom. The molecule has 0 radical (unpaired) electrons. The minimum absolute atomic E-state index is 0.0488. The molecule has 0 bridgehead atoms. The van der Waals surface area contributed by atoms with Crippen molar-refractivity contribution in [3.63, 3.8) is 0 Å². The fraction of sp³-hybridized carbons (Fsp3) is 0.345. The van der Waals surface area contributed by atoms with E-state index in [9.17, 15) is 26.4 Å². The lowest BCUT2D eigenvalue weighted by atomic mass is 9.86. The molecule has 0 aromatic heterocycles. The van der Waals surface area contributed by atoms with Crippen molar-refractivity contribution >= 4 is 16.0 Å². The molecule has 0 aliphatic rings. The third-order valence-electron chi connectivity index (χ3n) is 6.29. The second-order valence-corrected chi connectivity index (χ2v) is 11.8. The number of amides is 1. The van der Waals surface area contributed by atoms with Crippen LogP contribution in [0.25, 0.3) is 0 Å². The summed E-state index contributed by atoms with van der Waals surface area (Å²) in [5, 5.41) is 0. The van der Waals surface area contributed by atoms with Crippen molar-refractivity contribution in [2.75, 3.05) is 0 Å². The van der Waals surface area contributed by atoms with E-state index in [1.807, 2.05) is 26.0 Å². The number of hydrogen-bond donors (Lipinski definition) is 0. The van der Waals surface area contributed by atoms with E-state index in [4.69, 9.17) is 4.18 Å². The summed E-state index contributed by atoms with van der Waals surface area (Å²) in [5.74, 6) is -0.228. The Hall–Kier alpha value is -3.33. The van der Waals surface area contributed by atoms with E-state index in [-0.39, 0.29) is 29.7 Å². The van der Waals surface area contributed by atoms with Crippen molar-refractivity contribution in [1.82, 2.24) is 4.90 Å². The molecule has 0 aliphatic carbocycles. The summed E-state index contributed by atoms with van der Waals surface area (Å²) in [6, 6.07) is 16.9. The third-order valence-corrected chi connectivity index (χ3v) is 7.53. The summed E-state index contributed by atoms with van der Waals surface area (Å²) < 4.78 is 69.7. The van der Waals surface area contributed by atoms with Crippen molar-refractivity contribution in [2.24, 2.45) is 0 Å². The van der Waals surface area contributed by atoms with Crippen LogP contribution in [0.1, 0.15) is 68.1 Å². The Kier molecular flexibility index (Phi) is 8.61. The van der Waals surface area contributed by atoms with E-state index in [0.29, 0.717) is 23.6 Å². The first-order chi connectivity index (χ1) is 17.6. The van der Waals surface area contributed by atoms with E-state index in [0.717, 1.165) is 23.8 Å². The molecule has 3 aromatic rings. The molecule has 204 valence electrons. The van der Waals surface area contributed by atoms with Gasteiger partial charge < -0.3 is 9.08 Å². The number of carbonyl (C=O) groups is 1. The highest BCUT2D eigenvalue weighted by Crippen LogP contribution is 2.31. The average molecular weight is 548 g/mol. The molecule has 0 saturated heterocycles. The Morgan fingerprint density at radius 2 is 1.55 bits per heavy atom. The van der Waals surface area contributed by atoms with Crippen molar-refractivity contribution < 1.29 is 30.6 Å². The molecule has 1 unspecified atom stereocenters. The number of halogens is 3. The fourth-order valence-electron chi connectivity index (χ4n) is 3.82. The summed E-state index contributed by atoms with van der Waals surface area (Å²) in [6.45, 7) is 10.4. The lowest BCUT2D eigenvalue weighted by molar-refractivity contribution is -0.137. The van der Waals surface area contributed by atoms with Crippen LogP contribution in [0.4, 0.5) is 13.2 Å². The van der Waals surface area contributed by atoms with Gasteiger partial charge in [0.15, 0.2) is 0 Å². The van der Waals surface area contributed by atoms with Crippen LogP contribution in [0.5, 0.6) is 5.75 Å². The summed E-state index contributed by atoms with van der Waals surface area (Å²) in [5.41, 5.74) is 1.12. The van der Waals surface area contributed by atoms with Gasteiger partial charge in [0, 0.05) is 18.2 Å². The molecule has 0 saturated carbocycles. The average Bonchev–Trinajstić information content (AvgIpc) is 2.85. The Bertz CT molecular complexity index is 1380. The van der Waals surface area contributed by atoms with Crippen LogP contribution in [-0.2, 0) is 28.3 Å². The molecule has 38 heavy (non-hydrogen) atoms. The maximum Gasteiger partial charge on any atom is 0.416 e. The number of carbonyl (C=O) groups excluding carboxylic acids is 1. The number of alkyl halides is 3. The second-order valence-electron chi connectivity index (χ2n) is 10.2. The molecule has 0 spiro atoms. The smallest absolute Gasteiger partial charge is 0.379 e. The van der Waals surface area contributed by atoms with Crippen molar-refractivity contribution in [2.45, 2.75) is 70.1 Å². The first-order valence-corrected chi connectivity index (χ1v) is 13.6. The van der Waals surface area contributed by atoms with Gasteiger partial charge >= 0.3 is 16.3 Å². The maximum absolute atomic E-state index is 13.4. The summed E-state index contributed by atoms with van der Waals surface area (Å²) in [6.07, 6.45) is -3.99. The molecule has 5 nitrogen and oxygen atoms in total. The SMILES string of the molecule is CCC(C)N(Cc1cccc(OS(=O)(=O)c2cccc(C(F)(F)F)c2)c1)C(=O)c1ccc(C(C)(C)C)cc1. The van der Waals surface area contributed by atoms with Crippen LogP contribution in [-0.4, -0.2) is 25.3 Å². The highest BCUT2D eigenvalue weighted by Gasteiger charge is 2.32. The van der Waals surface area contributed by atoms with E-state index in [1.54, 1.807) is 29.2 Å². The lowest BCUT2D eigenvalue weighted by Crippen LogP contribution is -2.37. The Balaban J connectivity index is 1.84. The van der Waals surface area contributed by atoms with Gasteiger partial charge in [0.2, 0.25) is 0 Å². The first-order valence-electron chi connectivity index (χ1n) is 12.2. The summed E-state index contributed by atoms with van der Waals surface area (Å²) in [7, 11) is -4.52. The number of benzene rings is 3. The third kappa shape index (κ3) is 7.16. The number of hydrogen-bond acceptors (Lipinski definition) is 4. The summed E-state index contributed by atoms with van der Waals surface area (Å²) in [4.78, 5) is 14.5. The number of rotatable bonds is 8. The zero-order valence-corrected chi connectivity index (χ0v) is 22.9. The van der Waals surface area contributed by atoms with Crippen molar-refractivity contribution in [3.05, 3.63) is 95.1 Å². The molecule has 0 fully saturated rings. The van der Waals surface area contributed by atoms with E-state index < -0.39 is 26.8 Å². The first kappa shape index (κ1) is 29.2. The van der Waals surface area contributed by atoms with Crippen LogP contribution >= 0.6 is 0 Å². The molecule has 0 aliphatic heterocycles. The Morgan fingerprint density at radius 3 is 2.13 bits per heavy atom. The molecule has 3 aromatic carbocycles. The maximum atomic E-state index is 13.4. The Labute approximate surface area is 222 Å². The standard InChI is InChI=1S/C29H32F3NO4S/c1-6-20(2)33(27(34)22-13-15-23(16-14-22)28(3,4)5)19-21-9-7-11-25(17-21)37-38(35,36)26-12-8-10-24(18-26)29(30,31)32/h7-18,20H,6,19H2,1-5H3. The predicted molar refractivity (Wildman–Crippen MR) is 140 cm³/mol. The van der Waals surface area contributed by atoms with Crippen LogP contribution in [0.2, 0.25) is 0 Å². The molecule has 1 amide bonds. The van der Waals surface area contributed by atoms with Gasteiger partial charge in [-0.15, -0.1) is 0 Å². The van der Waals surface area contributed by atoms with Crippen LogP contribution in [0.3, 0.4) is 0 Å². The van der Waals surface area contributed by atoms with Crippen molar-refractivity contribution in [3.8, 4) is 5.75 Å². The minimum Gasteiger partial charge on any atom is -0.379 e. The van der Waals surface area contributed by atoms with Crippen molar-refractivity contribution in [1.29, 1.82) is 0 Å². The second kappa shape index (κ2) is 11.2. The molecular formula is C29H32F3NO4S. The highest BCUT2D eigenvalue weighted by atomic mass is 32.2. The van der Waals surface area contributed by atoms with Gasteiger partial charge in [0.25, 0.3) is 5.91 Å². The van der Waals surface area contributed by atoms with Gasteiger partial charge in [-0.25, -0.2) is 0 Å².